The van der Waals surface area contributed by atoms with Crippen LogP contribution in [0.3, 0.4) is 0 Å². The molecule has 0 unspecified atom stereocenters. The number of hydrogen-bond donors (Lipinski definition) is 0. The highest BCUT2D eigenvalue weighted by atomic mass is 35.5. The van der Waals surface area contributed by atoms with Crippen LogP contribution in [0, 0.1) is 0 Å². The molecular weight excluding hydrogens is 342 g/mol. The first-order valence-corrected chi connectivity index (χ1v) is 9.09. The van der Waals surface area contributed by atoms with E-state index in [0.717, 1.165) is 23.6 Å². The second kappa shape index (κ2) is 6.33. The second-order valence-corrected chi connectivity index (χ2v) is 7.48. The van der Waals surface area contributed by atoms with Gasteiger partial charge >= 0.3 is 0 Å². The topological polar surface area (TPSA) is 30.3 Å². The molecule has 1 saturated heterocycles. The zero-order chi connectivity index (χ0) is 16.6. The first-order chi connectivity index (χ1) is 11.7. The van der Waals surface area contributed by atoms with Crippen molar-refractivity contribution in [2.75, 3.05) is 7.05 Å². The van der Waals surface area contributed by atoms with Crippen LogP contribution in [-0.2, 0) is 16.9 Å². The number of benzene rings is 1. The van der Waals surface area contributed by atoms with E-state index in [4.69, 9.17) is 16.4 Å². The van der Waals surface area contributed by atoms with Crippen molar-refractivity contribution in [2.24, 2.45) is 0 Å². The van der Waals surface area contributed by atoms with E-state index in [1.54, 1.807) is 11.3 Å². The molecule has 124 valence electrons. The van der Waals surface area contributed by atoms with Crippen LogP contribution >= 0.6 is 22.9 Å². The Balaban J connectivity index is 1.69. The van der Waals surface area contributed by atoms with E-state index in [2.05, 4.69) is 27.1 Å². The van der Waals surface area contributed by atoms with E-state index >= 15 is 0 Å². The normalized spacial score (nSPS) is 24.5. The molecule has 0 aliphatic carbocycles. The average Bonchev–Trinajstić information content (AvgIpc) is 3.31. The van der Waals surface area contributed by atoms with E-state index in [-0.39, 0.29) is 11.6 Å². The highest BCUT2D eigenvalue weighted by molar-refractivity contribution is 7.10. The minimum Gasteiger partial charge on any atom is -0.335 e. The lowest BCUT2D eigenvalue weighted by Crippen LogP contribution is -2.40. The van der Waals surface area contributed by atoms with E-state index < -0.39 is 0 Å². The number of hydroxylamine groups is 2. The van der Waals surface area contributed by atoms with Gasteiger partial charge in [-0.1, -0.05) is 29.8 Å². The Kier molecular flexibility index (Phi) is 4.18. The number of rotatable bonds is 4. The average molecular weight is 360 g/mol. The second-order valence-electron chi connectivity index (χ2n) is 6.09. The maximum atomic E-state index is 6.24. The van der Waals surface area contributed by atoms with Crippen molar-refractivity contribution in [3.8, 4) is 0 Å². The third-order valence-corrected chi connectivity index (χ3v) is 5.95. The highest BCUT2D eigenvalue weighted by Crippen LogP contribution is 2.48. The molecule has 1 aliphatic rings. The molecular formula is C18H18ClN3OS. The smallest absolute Gasteiger partial charge is 0.107 e. The minimum atomic E-state index is -0.209. The number of thiophene rings is 1. The zero-order valence-corrected chi connectivity index (χ0v) is 14.9. The summed E-state index contributed by atoms with van der Waals surface area (Å²) in [5, 5.41) is 4.88. The molecule has 0 radical (unpaired) electrons. The molecule has 0 N–H and O–H groups in total. The van der Waals surface area contributed by atoms with Crippen LogP contribution in [0.15, 0.2) is 60.5 Å². The van der Waals surface area contributed by atoms with Gasteiger partial charge in [-0.15, -0.1) is 11.3 Å². The molecule has 1 aromatic carbocycles. The van der Waals surface area contributed by atoms with Crippen molar-refractivity contribution in [1.29, 1.82) is 0 Å². The molecule has 0 amide bonds. The Morgan fingerprint density at radius 2 is 2.17 bits per heavy atom. The summed E-state index contributed by atoms with van der Waals surface area (Å²) in [4.78, 5) is 11.7. The molecule has 3 heterocycles. The van der Waals surface area contributed by atoms with Crippen LogP contribution < -0.4 is 0 Å². The molecule has 24 heavy (non-hydrogen) atoms. The predicted octanol–water partition coefficient (Wildman–Crippen LogP) is 4.50. The summed E-state index contributed by atoms with van der Waals surface area (Å²) in [5.41, 5.74) is 0.939. The monoisotopic (exact) mass is 359 g/mol. The molecule has 0 saturated carbocycles. The van der Waals surface area contributed by atoms with Gasteiger partial charge in [-0.05, 0) is 29.1 Å². The first-order valence-electron chi connectivity index (χ1n) is 7.83. The van der Waals surface area contributed by atoms with Gasteiger partial charge in [-0.2, -0.15) is 5.06 Å². The maximum absolute atomic E-state index is 6.24. The van der Waals surface area contributed by atoms with Gasteiger partial charge in [0.2, 0.25) is 0 Å². The number of likely N-dealkylation sites (N-methyl/N-ethyl adjacent to an activating group) is 1. The summed E-state index contributed by atoms with van der Waals surface area (Å²) in [5.74, 6) is 0. The maximum Gasteiger partial charge on any atom is 0.107 e. The van der Waals surface area contributed by atoms with Gasteiger partial charge < -0.3 is 4.57 Å². The number of nitrogens with zero attached hydrogens (tertiary/aromatic N) is 3. The number of hydrogen-bond acceptors (Lipinski definition) is 4. The van der Waals surface area contributed by atoms with Crippen LogP contribution in [0.25, 0.3) is 0 Å². The van der Waals surface area contributed by atoms with E-state index in [0.29, 0.717) is 0 Å². The van der Waals surface area contributed by atoms with Crippen molar-refractivity contribution < 1.29 is 4.84 Å². The van der Waals surface area contributed by atoms with Gasteiger partial charge in [-0.25, -0.2) is 4.98 Å². The molecule has 4 rings (SSSR count). The van der Waals surface area contributed by atoms with Crippen LogP contribution in [-0.4, -0.2) is 21.7 Å². The first kappa shape index (κ1) is 15.8. The van der Waals surface area contributed by atoms with Gasteiger partial charge in [0.1, 0.15) is 11.6 Å². The third kappa shape index (κ3) is 2.78. The van der Waals surface area contributed by atoms with Crippen LogP contribution in [0.5, 0.6) is 0 Å². The van der Waals surface area contributed by atoms with Crippen LogP contribution in [0.1, 0.15) is 23.0 Å². The standard InChI is InChI=1S/C18H18ClN3OS/c1-21-18(17-3-2-10-24-17,12-22-9-8-20-13-22)11-16(23-21)14-4-6-15(19)7-5-14/h2-10,13,16H,11-12H2,1H3/t16-,18-/m1/s1. The lowest BCUT2D eigenvalue weighted by Gasteiger charge is -2.33. The highest BCUT2D eigenvalue weighted by Gasteiger charge is 2.48. The molecule has 0 spiro atoms. The predicted molar refractivity (Wildman–Crippen MR) is 95.9 cm³/mol. The summed E-state index contributed by atoms with van der Waals surface area (Å²) < 4.78 is 2.11. The van der Waals surface area contributed by atoms with Gasteiger partial charge in [0.05, 0.1) is 6.33 Å². The van der Waals surface area contributed by atoms with Crippen LogP contribution in [0.2, 0.25) is 5.02 Å². The SMILES string of the molecule is CN1O[C@@H](c2ccc(Cl)cc2)C[C@@]1(Cn1ccnc1)c1cccs1. The molecule has 2 atom stereocenters. The molecule has 1 aliphatic heterocycles. The molecule has 6 heteroatoms. The minimum absolute atomic E-state index is 0.0119. The fourth-order valence-electron chi connectivity index (χ4n) is 3.34. The van der Waals surface area contributed by atoms with Crippen molar-refractivity contribution in [3.63, 3.8) is 0 Å². The Bertz CT molecular complexity index is 788. The summed E-state index contributed by atoms with van der Waals surface area (Å²) >= 11 is 7.79. The van der Waals surface area contributed by atoms with Gasteiger partial charge in [0, 0.05) is 42.3 Å². The molecule has 0 bridgehead atoms. The van der Waals surface area contributed by atoms with Crippen molar-refractivity contribution >= 4 is 22.9 Å². The third-order valence-electron chi connectivity index (χ3n) is 4.64. The lowest BCUT2D eigenvalue weighted by molar-refractivity contribution is -0.175. The lowest BCUT2D eigenvalue weighted by atomic mass is 9.89. The van der Waals surface area contributed by atoms with Crippen molar-refractivity contribution in [3.05, 3.63) is 76.0 Å². The van der Waals surface area contributed by atoms with E-state index in [1.165, 1.54) is 4.88 Å². The Morgan fingerprint density at radius 3 is 2.83 bits per heavy atom. The fraction of sp³-hybridized carbons (Fsp3) is 0.278. The van der Waals surface area contributed by atoms with E-state index in [9.17, 15) is 0 Å². The molecule has 1 fully saturated rings. The largest absolute Gasteiger partial charge is 0.335 e. The number of imidazole rings is 1. The summed E-state index contributed by atoms with van der Waals surface area (Å²) in [7, 11) is 2.02. The molecule has 3 aromatic rings. The molecule has 2 aromatic heterocycles. The van der Waals surface area contributed by atoms with Gasteiger partial charge in [0.15, 0.2) is 0 Å². The summed E-state index contributed by atoms with van der Waals surface area (Å²) in [6, 6.07) is 12.2. The fourth-order valence-corrected chi connectivity index (χ4v) is 4.43. The molecule has 4 nitrogen and oxygen atoms in total. The van der Waals surface area contributed by atoms with Crippen molar-refractivity contribution in [2.45, 2.75) is 24.6 Å². The Labute approximate surface area is 150 Å². The van der Waals surface area contributed by atoms with Crippen LogP contribution in [0.4, 0.5) is 0 Å². The zero-order valence-electron chi connectivity index (χ0n) is 13.3. The number of aromatic nitrogens is 2. The summed E-state index contributed by atoms with van der Waals surface area (Å²) in [6.07, 6.45) is 6.56. The Hall–Kier alpha value is -1.66. The quantitative estimate of drug-likeness (QED) is 0.687. The number of halogens is 1. The van der Waals surface area contributed by atoms with Gasteiger partial charge in [-0.3, -0.25) is 4.84 Å². The Morgan fingerprint density at radius 1 is 1.33 bits per heavy atom. The van der Waals surface area contributed by atoms with E-state index in [1.807, 2.05) is 55.1 Å². The summed E-state index contributed by atoms with van der Waals surface area (Å²) in [6.45, 7) is 0.800. The van der Waals surface area contributed by atoms with Gasteiger partial charge in [0.25, 0.3) is 0 Å². The van der Waals surface area contributed by atoms with Crippen molar-refractivity contribution in [1.82, 2.24) is 14.6 Å².